The summed E-state index contributed by atoms with van der Waals surface area (Å²) in [6, 6.07) is 3.75. The third kappa shape index (κ3) is 6.21. The second-order valence-corrected chi connectivity index (χ2v) is 7.72. The van der Waals surface area contributed by atoms with Crippen molar-refractivity contribution in [2.45, 2.75) is 26.3 Å². The summed E-state index contributed by atoms with van der Waals surface area (Å²) in [5.74, 6) is 0.223. The lowest BCUT2D eigenvalue weighted by Gasteiger charge is -2.21. The Morgan fingerprint density at radius 3 is 2.58 bits per heavy atom. The van der Waals surface area contributed by atoms with Gasteiger partial charge in [-0.1, -0.05) is 0 Å². The van der Waals surface area contributed by atoms with Crippen LogP contribution in [0.15, 0.2) is 17.2 Å². The highest BCUT2D eigenvalue weighted by atomic mass is 127. The highest BCUT2D eigenvalue weighted by molar-refractivity contribution is 14.1. The van der Waals surface area contributed by atoms with Gasteiger partial charge in [-0.2, -0.15) is 5.10 Å². The molecule has 0 aliphatic rings. The Hall–Kier alpha value is -0.160. The second-order valence-electron chi connectivity index (χ2n) is 4.90. The average molecular weight is 503 g/mol. The minimum absolute atomic E-state index is 0.112. The SMILES string of the molecule is CC(C)(C)NC(=S)NN=Cc1cc(I)cc(I)c1O. The van der Waals surface area contributed by atoms with E-state index in [0.29, 0.717) is 10.7 Å². The van der Waals surface area contributed by atoms with Gasteiger partial charge in [0.05, 0.1) is 9.78 Å². The highest BCUT2D eigenvalue weighted by Crippen LogP contribution is 2.25. The van der Waals surface area contributed by atoms with Crippen LogP contribution in [0, 0.1) is 7.14 Å². The number of nitrogens with one attached hydrogen (secondary N) is 2. The maximum atomic E-state index is 9.90. The van der Waals surface area contributed by atoms with Crippen LogP contribution in [0.4, 0.5) is 0 Å². The van der Waals surface area contributed by atoms with Crippen molar-refractivity contribution in [2.75, 3.05) is 0 Å². The average Bonchev–Trinajstić information content (AvgIpc) is 2.22. The molecule has 0 radical (unpaired) electrons. The zero-order valence-corrected chi connectivity index (χ0v) is 15.9. The fourth-order valence-corrected chi connectivity index (χ4v) is 3.46. The van der Waals surface area contributed by atoms with Crippen molar-refractivity contribution in [2.24, 2.45) is 5.10 Å². The Morgan fingerprint density at radius 2 is 2.00 bits per heavy atom. The smallest absolute Gasteiger partial charge is 0.187 e. The number of hydrazone groups is 1. The first-order valence-corrected chi connectivity index (χ1v) is 8.05. The molecule has 19 heavy (non-hydrogen) atoms. The summed E-state index contributed by atoms with van der Waals surface area (Å²) >= 11 is 9.38. The Balaban J connectivity index is 2.71. The summed E-state index contributed by atoms with van der Waals surface area (Å²) in [6.07, 6.45) is 1.55. The number of rotatable bonds is 2. The molecule has 0 unspecified atom stereocenters. The van der Waals surface area contributed by atoms with E-state index in [1.807, 2.05) is 32.9 Å². The Labute approximate surface area is 145 Å². The van der Waals surface area contributed by atoms with Crippen molar-refractivity contribution in [3.8, 4) is 5.75 Å². The van der Waals surface area contributed by atoms with Crippen LogP contribution in [0.25, 0.3) is 0 Å². The fraction of sp³-hybridized carbons (Fsp3) is 0.333. The largest absolute Gasteiger partial charge is 0.506 e. The first-order chi connectivity index (χ1) is 8.69. The molecule has 0 fully saturated rings. The van der Waals surface area contributed by atoms with Gasteiger partial charge in [-0.15, -0.1) is 0 Å². The van der Waals surface area contributed by atoms with Crippen molar-refractivity contribution < 1.29 is 5.11 Å². The van der Waals surface area contributed by atoms with E-state index in [9.17, 15) is 5.11 Å². The summed E-state index contributed by atoms with van der Waals surface area (Å²) < 4.78 is 1.83. The topological polar surface area (TPSA) is 56.7 Å². The van der Waals surface area contributed by atoms with Gasteiger partial charge in [-0.25, -0.2) is 0 Å². The van der Waals surface area contributed by atoms with Crippen LogP contribution in [-0.2, 0) is 0 Å². The number of halogens is 2. The van der Waals surface area contributed by atoms with Crippen LogP contribution >= 0.6 is 57.4 Å². The van der Waals surface area contributed by atoms with Crippen LogP contribution in [0.2, 0.25) is 0 Å². The molecule has 0 aliphatic carbocycles. The van der Waals surface area contributed by atoms with Crippen molar-refractivity contribution in [3.63, 3.8) is 0 Å². The molecule has 1 aromatic rings. The molecule has 1 aromatic carbocycles. The van der Waals surface area contributed by atoms with Crippen molar-refractivity contribution in [1.29, 1.82) is 0 Å². The minimum atomic E-state index is -0.112. The highest BCUT2D eigenvalue weighted by Gasteiger charge is 2.10. The molecular formula is C12H15I2N3OS. The van der Waals surface area contributed by atoms with E-state index >= 15 is 0 Å². The van der Waals surface area contributed by atoms with Crippen molar-refractivity contribution in [3.05, 3.63) is 24.8 Å². The number of aromatic hydroxyl groups is 1. The number of phenolic OH excluding ortho intramolecular Hbond substituents is 1. The molecule has 0 atom stereocenters. The number of thiocarbonyl (C=S) groups is 1. The molecule has 0 aromatic heterocycles. The third-order valence-corrected chi connectivity index (χ3v) is 3.55. The number of benzene rings is 1. The second kappa shape index (κ2) is 7.02. The van der Waals surface area contributed by atoms with Gasteiger partial charge in [0.2, 0.25) is 0 Å². The maximum Gasteiger partial charge on any atom is 0.187 e. The number of hydrogen-bond acceptors (Lipinski definition) is 3. The predicted octanol–water partition coefficient (Wildman–Crippen LogP) is 3.20. The summed E-state index contributed by atoms with van der Waals surface area (Å²) in [7, 11) is 0. The van der Waals surface area contributed by atoms with Gasteiger partial charge in [-0.3, -0.25) is 5.43 Å². The molecule has 0 spiro atoms. The standard InChI is InChI=1S/C12H15I2N3OS/c1-12(2,3)16-11(19)17-15-6-7-4-8(13)5-9(14)10(7)18/h4-6,18H,1-3H3,(H2,16,17,19). The van der Waals surface area contributed by atoms with E-state index in [1.54, 1.807) is 6.21 Å². The first kappa shape index (κ1) is 16.9. The molecule has 0 saturated heterocycles. The monoisotopic (exact) mass is 503 g/mol. The summed E-state index contributed by atoms with van der Waals surface area (Å²) in [5.41, 5.74) is 3.27. The molecule has 0 bridgehead atoms. The Bertz CT molecular complexity index is 512. The van der Waals surface area contributed by atoms with E-state index in [0.717, 1.165) is 7.14 Å². The Kier molecular flexibility index (Phi) is 6.24. The van der Waals surface area contributed by atoms with Gasteiger partial charge in [0.25, 0.3) is 0 Å². The molecular weight excluding hydrogens is 488 g/mol. The van der Waals surface area contributed by atoms with E-state index in [4.69, 9.17) is 12.2 Å². The molecule has 4 nitrogen and oxygen atoms in total. The van der Waals surface area contributed by atoms with Gasteiger partial charge in [0, 0.05) is 14.7 Å². The zero-order valence-electron chi connectivity index (χ0n) is 10.8. The summed E-state index contributed by atoms with van der Waals surface area (Å²) in [5, 5.41) is 17.5. The summed E-state index contributed by atoms with van der Waals surface area (Å²) in [6.45, 7) is 6.04. The minimum Gasteiger partial charge on any atom is -0.506 e. The van der Waals surface area contributed by atoms with Gasteiger partial charge in [0.15, 0.2) is 5.11 Å². The van der Waals surface area contributed by atoms with Crippen molar-refractivity contribution >= 4 is 68.7 Å². The van der Waals surface area contributed by atoms with Crippen LogP contribution in [0.5, 0.6) is 5.75 Å². The van der Waals surface area contributed by atoms with E-state index in [-0.39, 0.29) is 11.3 Å². The van der Waals surface area contributed by atoms with E-state index in [2.05, 4.69) is 61.0 Å². The lowest BCUT2D eigenvalue weighted by molar-refractivity contribution is 0.470. The Morgan fingerprint density at radius 1 is 1.37 bits per heavy atom. The van der Waals surface area contributed by atoms with Crippen LogP contribution < -0.4 is 10.7 Å². The lowest BCUT2D eigenvalue weighted by Crippen LogP contribution is -2.44. The molecule has 0 heterocycles. The number of nitrogens with zero attached hydrogens (tertiary/aromatic N) is 1. The lowest BCUT2D eigenvalue weighted by atomic mass is 10.1. The number of phenols is 1. The van der Waals surface area contributed by atoms with Gasteiger partial charge in [-0.05, 0) is 90.3 Å². The molecule has 7 heteroatoms. The molecule has 3 N–H and O–H groups in total. The predicted molar refractivity (Wildman–Crippen MR) is 99.8 cm³/mol. The van der Waals surface area contributed by atoms with Gasteiger partial charge >= 0.3 is 0 Å². The van der Waals surface area contributed by atoms with Gasteiger partial charge < -0.3 is 10.4 Å². The van der Waals surface area contributed by atoms with Crippen LogP contribution in [0.3, 0.4) is 0 Å². The normalized spacial score (nSPS) is 11.6. The third-order valence-electron chi connectivity index (χ3n) is 1.92. The molecule has 1 rings (SSSR count). The maximum absolute atomic E-state index is 9.90. The fourth-order valence-electron chi connectivity index (χ4n) is 1.21. The number of hydrogen-bond donors (Lipinski definition) is 3. The van der Waals surface area contributed by atoms with Crippen LogP contribution in [-0.4, -0.2) is 22.0 Å². The molecule has 0 aliphatic heterocycles. The van der Waals surface area contributed by atoms with Crippen molar-refractivity contribution in [1.82, 2.24) is 10.7 Å². The van der Waals surface area contributed by atoms with Gasteiger partial charge in [0.1, 0.15) is 5.75 Å². The zero-order chi connectivity index (χ0) is 14.6. The van der Waals surface area contributed by atoms with Crippen LogP contribution in [0.1, 0.15) is 26.3 Å². The molecule has 0 amide bonds. The van der Waals surface area contributed by atoms with E-state index in [1.165, 1.54) is 0 Å². The molecule has 104 valence electrons. The quantitative estimate of drug-likeness (QED) is 0.251. The molecule has 0 saturated carbocycles. The first-order valence-electron chi connectivity index (χ1n) is 5.48. The summed E-state index contributed by atoms with van der Waals surface area (Å²) in [4.78, 5) is 0. The van der Waals surface area contributed by atoms with E-state index < -0.39 is 0 Å².